The lowest BCUT2D eigenvalue weighted by atomic mass is 10.0. The summed E-state index contributed by atoms with van der Waals surface area (Å²) < 4.78 is 1.92. The van der Waals surface area contributed by atoms with Gasteiger partial charge in [0.25, 0.3) is 5.91 Å². The smallest absolute Gasteiger partial charge is 0.274 e. The van der Waals surface area contributed by atoms with Crippen molar-refractivity contribution < 1.29 is 4.79 Å². The maximum atomic E-state index is 13.1. The van der Waals surface area contributed by atoms with E-state index in [0.717, 1.165) is 37.6 Å². The standard InChI is InChI=1S/C20H28N4O/c1-15(2)18-14-24(11-5-10-22(18)12-16-7-8-16)20(25)17-13-23-9-4-3-6-19(23)21-17/h3-4,6,9,13,15-16,18H,5,7-8,10-12,14H2,1-2H3/t18-/m0/s1. The van der Waals surface area contributed by atoms with Crippen molar-refractivity contribution in [2.45, 2.75) is 39.2 Å². The summed E-state index contributed by atoms with van der Waals surface area (Å²) in [5, 5.41) is 0. The van der Waals surface area contributed by atoms with Crippen molar-refractivity contribution in [3.63, 3.8) is 0 Å². The Kier molecular flexibility index (Phi) is 4.50. The number of rotatable bonds is 4. The molecule has 0 aromatic carbocycles. The summed E-state index contributed by atoms with van der Waals surface area (Å²) in [5.41, 5.74) is 1.39. The van der Waals surface area contributed by atoms with Crippen LogP contribution in [0.5, 0.6) is 0 Å². The predicted octanol–water partition coefficient (Wildman–Crippen LogP) is 2.92. The number of hydrogen-bond acceptors (Lipinski definition) is 3. The van der Waals surface area contributed by atoms with Gasteiger partial charge >= 0.3 is 0 Å². The van der Waals surface area contributed by atoms with Crippen LogP contribution in [0, 0.1) is 11.8 Å². The van der Waals surface area contributed by atoms with Crippen LogP contribution in [0.3, 0.4) is 0 Å². The highest BCUT2D eigenvalue weighted by Gasteiger charge is 2.33. The number of nitrogens with zero attached hydrogens (tertiary/aromatic N) is 4. The van der Waals surface area contributed by atoms with Crippen LogP contribution in [0.2, 0.25) is 0 Å². The minimum atomic E-state index is 0.0719. The van der Waals surface area contributed by atoms with Crippen LogP contribution < -0.4 is 0 Å². The van der Waals surface area contributed by atoms with Crippen LogP contribution in [0.25, 0.3) is 5.65 Å². The molecule has 0 unspecified atom stereocenters. The number of aromatic nitrogens is 2. The number of carbonyl (C=O) groups excluding carboxylic acids is 1. The second kappa shape index (κ2) is 6.79. The van der Waals surface area contributed by atoms with Crippen molar-refractivity contribution in [3.8, 4) is 0 Å². The Hall–Kier alpha value is -1.88. The summed E-state index contributed by atoms with van der Waals surface area (Å²) in [6.45, 7) is 8.52. The van der Waals surface area contributed by atoms with E-state index < -0.39 is 0 Å². The second-order valence-electron chi connectivity index (χ2n) is 7.95. The third-order valence-electron chi connectivity index (χ3n) is 5.58. The zero-order valence-electron chi connectivity index (χ0n) is 15.3. The lowest BCUT2D eigenvalue weighted by Crippen LogP contribution is -2.46. The Morgan fingerprint density at radius 2 is 2.12 bits per heavy atom. The molecule has 5 nitrogen and oxygen atoms in total. The normalized spacial score (nSPS) is 22.5. The Labute approximate surface area is 149 Å². The molecule has 2 fully saturated rings. The van der Waals surface area contributed by atoms with Crippen LogP contribution in [-0.2, 0) is 0 Å². The minimum absolute atomic E-state index is 0.0719. The quantitative estimate of drug-likeness (QED) is 0.859. The van der Waals surface area contributed by atoms with Gasteiger partial charge in [0.15, 0.2) is 0 Å². The average Bonchev–Trinajstić information content (AvgIpc) is 3.35. The van der Waals surface area contributed by atoms with E-state index in [1.165, 1.54) is 19.4 Å². The highest BCUT2D eigenvalue weighted by Crippen LogP contribution is 2.32. The zero-order valence-corrected chi connectivity index (χ0v) is 15.3. The molecule has 1 saturated carbocycles. The van der Waals surface area contributed by atoms with Crippen molar-refractivity contribution in [1.29, 1.82) is 0 Å². The molecule has 0 bridgehead atoms. The molecule has 0 radical (unpaired) electrons. The van der Waals surface area contributed by atoms with Crippen LogP contribution in [0.4, 0.5) is 0 Å². The van der Waals surface area contributed by atoms with Crippen LogP contribution in [-0.4, -0.2) is 57.3 Å². The summed E-state index contributed by atoms with van der Waals surface area (Å²) in [4.78, 5) is 22.3. The number of imidazole rings is 1. The molecule has 3 heterocycles. The first-order valence-electron chi connectivity index (χ1n) is 9.59. The van der Waals surface area contributed by atoms with E-state index in [-0.39, 0.29) is 5.91 Å². The van der Waals surface area contributed by atoms with E-state index in [4.69, 9.17) is 0 Å². The number of amides is 1. The first-order chi connectivity index (χ1) is 12.1. The Balaban J connectivity index is 1.53. The Bertz CT molecular complexity index is 716. The molecule has 5 heteroatoms. The van der Waals surface area contributed by atoms with Gasteiger partial charge in [-0.1, -0.05) is 19.9 Å². The molecular weight excluding hydrogens is 312 g/mol. The van der Waals surface area contributed by atoms with Crippen LogP contribution in [0.1, 0.15) is 43.6 Å². The van der Waals surface area contributed by atoms with Crippen molar-refractivity contribution in [1.82, 2.24) is 19.2 Å². The van der Waals surface area contributed by atoms with E-state index in [9.17, 15) is 4.79 Å². The van der Waals surface area contributed by atoms with Gasteiger partial charge in [0.2, 0.25) is 0 Å². The molecule has 1 aliphatic heterocycles. The minimum Gasteiger partial charge on any atom is -0.336 e. The topological polar surface area (TPSA) is 40.9 Å². The third-order valence-corrected chi connectivity index (χ3v) is 5.58. The van der Waals surface area contributed by atoms with Gasteiger partial charge in [0.05, 0.1) is 0 Å². The van der Waals surface area contributed by atoms with Gasteiger partial charge in [-0.15, -0.1) is 0 Å². The van der Waals surface area contributed by atoms with Gasteiger partial charge in [-0.05, 0) is 43.2 Å². The van der Waals surface area contributed by atoms with E-state index in [1.807, 2.05) is 39.9 Å². The van der Waals surface area contributed by atoms with E-state index in [1.54, 1.807) is 0 Å². The molecule has 25 heavy (non-hydrogen) atoms. The predicted molar refractivity (Wildman–Crippen MR) is 98.6 cm³/mol. The van der Waals surface area contributed by atoms with Gasteiger partial charge in [0, 0.05) is 44.6 Å². The summed E-state index contributed by atoms with van der Waals surface area (Å²) in [5.74, 6) is 1.51. The lowest BCUT2D eigenvalue weighted by Gasteiger charge is -2.34. The maximum Gasteiger partial charge on any atom is 0.274 e. The SMILES string of the molecule is CC(C)[C@@H]1CN(C(=O)c2cn3ccccc3n2)CCCN1CC1CC1. The molecule has 1 aliphatic carbocycles. The molecule has 134 valence electrons. The van der Waals surface area contributed by atoms with Gasteiger partial charge in [0.1, 0.15) is 11.3 Å². The molecule has 4 rings (SSSR count). The van der Waals surface area contributed by atoms with Gasteiger partial charge < -0.3 is 9.30 Å². The van der Waals surface area contributed by atoms with E-state index >= 15 is 0 Å². The summed E-state index contributed by atoms with van der Waals surface area (Å²) in [7, 11) is 0. The van der Waals surface area contributed by atoms with Gasteiger partial charge in [-0.3, -0.25) is 9.69 Å². The fourth-order valence-corrected chi connectivity index (χ4v) is 3.94. The second-order valence-corrected chi connectivity index (χ2v) is 7.95. The molecule has 0 N–H and O–H groups in total. The molecule has 0 spiro atoms. The van der Waals surface area contributed by atoms with Gasteiger partial charge in [-0.25, -0.2) is 4.98 Å². The highest BCUT2D eigenvalue weighted by molar-refractivity contribution is 5.93. The van der Waals surface area contributed by atoms with E-state index in [0.29, 0.717) is 17.7 Å². The molecule has 2 aromatic heterocycles. The molecule has 2 aromatic rings. The maximum absolute atomic E-state index is 13.1. The molecule has 1 atom stereocenters. The zero-order chi connectivity index (χ0) is 17.4. The fourth-order valence-electron chi connectivity index (χ4n) is 3.94. The molecule has 1 saturated heterocycles. The van der Waals surface area contributed by atoms with Crippen LogP contribution >= 0.6 is 0 Å². The average molecular weight is 340 g/mol. The number of hydrogen-bond donors (Lipinski definition) is 0. The van der Waals surface area contributed by atoms with Crippen molar-refractivity contribution in [2.75, 3.05) is 26.2 Å². The third kappa shape index (κ3) is 3.56. The molecule has 1 amide bonds. The first kappa shape index (κ1) is 16.6. The summed E-state index contributed by atoms with van der Waals surface area (Å²) >= 11 is 0. The van der Waals surface area contributed by atoms with Gasteiger partial charge in [-0.2, -0.15) is 0 Å². The summed E-state index contributed by atoms with van der Waals surface area (Å²) in [6.07, 6.45) is 7.61. The number of fused-ring (bicyclic) bond motifs is 1. The van der Waals surface area contributed by atoms with Crippen molar-refractivity contribution in [2.24, 2.45) is 11.8 Å². The van der Waals surface area contributed by atoms with Crippen molar-refractivity contribution >= 4 is 11.6 Å². The first-order valence-corrected chi connectivity index (χ1v) is 9.59. The molecular formula is C20H28N4O. The fraction of sp³-hybridized carbons (Fsp3) is 0.600. The Morgan fingerprint density at radius 1 is 1.28 bits per heavy atom. The Morgan fingerprint density at radius 3 is 2.84 bits per heavy atom. The number of pyridine rings is 1. The van der Waals surface area contributed by atoms with Crippen LogP contribution in [0.15, 0.2) is 30.6 Å². The van der Waals surface area contributed by atoms with E-state index in [2.05, 4.69) is 23.7 Å². The monoisotopic (exact) mass is 340 g/mol. The molecule has 2 aliphatic rings. The number of carbonyl (C=O) groups is 1. The largest absolute Gasteiger partial charge is 0.336 e. The highest BCUT2D eigenvalue weighted by atomic mass is 16.2. The van der Waals surface area contributed by atoms with Crippen molar-refractivity contribution in [3.05, 3.63) is 36.3 Å². The summed E-state index contributed by atoms with van der Waals surface area (Å²) in [6, 6.07) is 6.30. The lowest BCUT2D eigenvalue weighted by molar-refractivity contribution is 0.0699.